The van der Waals surface area contributed by atoms with Crippen LogP contribution in [0.2, 0.25) is 0 Å². The normalized spacial score (nSPS) is 17.8. The summed E-state index contributed by atoms with van der Waals surface area (Å²) in [6.45, 7) is 4.96. The van der Waals surface area contributed by atoms with Crippen molar-refractivity contribution >= 4 is 5.91 Å². The highest BCUT2D eigenvalue weighted by Gasteiger charge is 2.36. The van der Waals surface area contributed by atoms with E-state index in [2.05, 4.69) is 68.4 Å². The minimum atomic E-state index is 0.0129. The monoisotopic (exact) mass is 412 g/mol. The molecule has 0 aromatic heterocycles. The number of amides is 1. The molecule has 0 saturated carbocycles. The summed E-state index contributed by atoms with van der Waals surface area (Å²) in [6.07, 6.45) is 3.09. The van der Waals surface area contributed by atoms with Gasteiger partial charge in [-0.2, -0.15) is 0 Å². The number of carbonyl (C=O) groups excluding carboxylic acids is 1. The fourth-order valence-electron chi connectivity index (χ4n) is 5.17. The number of rotatable bonds is 6. The van der Waals surface area contributed by atoms with Crippen molar-refractivity contribution < 1.29 is 4.79 Å². The molecule has 0 spiro atoms. The van der Waals surface area contributed by atoms with Crippen molar-refractivity contribution in [1.82, 2.24) is 4.90 Å². The zero-order valence-corrected chi connectivity index (χ0v) is 18.6. The zero-order chi connectivity index (χ0) is 21.8. The van der Waals surface area contributed by atoms with Gasteiger partial charge in [-0.25, -0.2) is 0 Å². The molecule has 0 aliphatic heterocycles. The molecule has 0 heterocycles. The van der Waals surface area contributed by atoms with Crippen molar-refractivity contribution in [3.05, 3.63) is 106 Å². The number of fused-ring (bicyclic) bond motifs is 1. The second-order valence-electron chi connectivity index (χ2n) is 8.79. The van der Waals surface area contributed by atoms with Crippen LogP contribution >= 0.6 is 0 Å². The van der Waals surface area contributed by atoms with Gasteiger partial charge in [0.15, 0.2) is 0 Å². The van der Waals surface area contributed by atoms with Gasteiger partial charge in [0.2, 0.25) is 5.91 Å². The third-order valence-electron chi connectivity index (χ3n) is 6.55. The molecule has 2 unspecified atom stereocenters. The Kier molecular flexibility index (Phi) is 6.53. The first-order valence-corrected chi connectivity index (χ1v) is 11.2. The smallest absolute Gasteiger partial charge is 0.237 e. The fraction of sp³-hybridized carbons (Fsp3) is 0.321. The van der Waals surface area contributed by atoms with E-state index >= 15 is 0 Å². The summed E-state index contributed by atoms with van der Waals surface area (Å²) in [5, 5.41) is 0. The van der Waals surface area contributed by atoms with Crippen LogP contribution in [-0.2, 0) is 24.2 Å². The summed E-state index contributed by atoms with van der Waals surface area (Å²) in [4.78, 5) is 15.2. The number of nitrogens with two attached hydrogens (primary N) is 1. The lowest BCUT2D eigenvalue weighted by molar-refractivity contribution is -0.134. The summed E-state index contributed by atoms with van der Waals surface area (Å²) < 4.78 is 0. The van der Waals surface area contributed by atoms with E-state index in [9.17, 15) is 4.79 Å². The standard InChI is InChI=1S/C28H32N2O/c1-20-15-21(2)25-14-13-24(17-22-9-5-3-6-10-22)28(26(25)16-20)30(27(31)18-29)19-23-11-7-4-8-12-23/h3-12,15-16,24,28H,13-14,17-19,29H2,1-2H3. The van der Waals surface area contributed by atoms with Crippen LogP contribution in [0, 0.1) is 19.8 Å². The van der Waals surface area contributed by atoms with Gasteiger partial charge in [0.05, 0.1) is 12.6 Å². The number of hydrogen-bond donors (Lipinski definition) is 1. The molecule has 3 nitrogen and oxygen atoms in total. The molecule has 2 atom stereocenters. The highest BCUT2D eigenvalue weighted by atomic mass is 16.2. The molecule has 3 aromatic carbocycles. The summed E-state index contributed by atoms with van der Waals surface area (Å²) in [5.74, 6) is 0.370. The lowest BCUT2D eigenvalue weighted by Crippen LogP contribution is -2.43. The van der Waals surface area contributed by atoms with Crippen LogP contribution in [0.1, 0.15) is 45.8 Å². The van der Waals surface area contributed by atoms with Gasteiger partial charge >= 0.3 is 0 Å². The maximum absolute atomic E-state index is 13.2. The second-order valence-corrected chi connectivity index (χ2v) is 8.79. The molecule has 0 fully saturated rings. The molecule has 0 radical (unpaired) electrons. The molecule has 3 aromatic rings. The molecular formula is C28H32N2O. The van der Waals surface area contributed by atoms with Gasteiger partial charge in [0.25, 0.3) is 0 Å². The maximum Gasteiger partial charge on any atom is 0.237 e. The van der Waals surface area contributed by atoms with Crippen molar-refractivity contribution in [2.45, 2.75) is 45.7 Å². The molecule has 1 amide bonds. The van der Waals surface area contributed by atoms with Gasteiger partial charge in [0.1, 0.15) is 0 Å². The molecule has 2 N–H and O–H groups in total. The Bertz CT molecular complexity index is 1030. The molecule has 3 heteroatoms. The SMILES string of the molecule is Cc1cc(C)c2c(c1)C(N(Cc1ccccc1)C(=O)CN)C(Cc1ccccc1)CC2. The summed E-state index contributed by atoms with van der Waals surface area (Å²) in [7, 11) is 0. The van der Waals surface area contributed by atoms with Gasteiger partial charge in [0, 0.05) is 6.54 Å². The molecule has 160 valence electrons. The van der Waals surface area contributed by atoms with Crippen molar-refractivity contribution in [1.29, 1.82) is 0 Å². The molecule has 4 rings (SSSR count). The van der Waals surface area contributed by atoms with E-state index in [1.54, 1.807) is 0 Å². The van der Waals surface area contributed by atoms with E-state index in [1.807, 2.05) is 23.1 Å². The average molecular weight is 413 g/mol. The van der Waals surface area contributed by atoms with Crippen molar-refractivity contribution in [3.8, 4) is 0 Å². The maximum atomic E-state index is 13.2. The van der Waals surface area contributed by atoms with Gasteiger partial charge in [-0.05, 0) is 66.8 Å². The van der Waals surface area contributed by atoms with Crippen LogP contribution in [0.25, 0.3) is 0 Å². The van der Waals surface area contributed by atoms with E-state index in [-0.39, 0.29) is 18.5 Å². The van der Waals surface area contributed by atoms with E-state index in [1.165, 1.54) is 27.8 Å². The largest absolute Gasteiger partial charge is 0.330 e. The first-order chi connectivity index (χ1) is 15.1. The fourth-order valence-corrected chi connectivity index (χ4v) is 5.17. The highest BCUT2D eigenvalue weighted by Crippen LogP contribution is 2.42. The third-order valence-corrected chi connectivity index (χ3v) is 6.55. The van der Waals surface area contributed by atoms with Gasteiger partial charge in [-0.1, -0.05) is 78.4 Å². The van der Waals surface area contributed by atoms with Crippen LogP contribution in [-0.4, -0.2) is 17.4 Å². The Morgan fingerprint density at radius 3 is 2.26 bits per heavy atom. The molecule has 1 aliphatic rings. The Morgan fingerprint density at radius 1 is 0.968 bits per heavy atom. The molecule has 1 aliphatic carbocycles. The Morgan fingerprint density at radius 2 is 1.61 bits per heavy atom. The first kappa shape index (κ1) is 21.3. The zero-order valence-electron chi connectivity index (χ0n) is 18.6. The molecule has 0 saturated heterocycles. The van der Waals surface area contributed by atoms with Crippen molar-refractivity contribution in [2.75, 3.05) is 6.54 Å². The van der Waals surface area contributed by atoms with E-state index < -0.39 is 0 Å². The number of carbonyl (C=O) groups is 1. The van der Waals surface area contributed by atoms with Gasteiger partial charge in [-0.15, -0.1) is 0 Å². The Balaban J connectivity index is 1.79. The molecule has 0 bridgehead atoms. The Hall–Kier alpha value is -2.91. The number of nitrogens with zero attached hydrogens (tertiary/aromatic N) is 1. The lowest BCUT2D eigenvalue weighted by atomic mass is 9.74. The van der Waals surface area contributed by atoms with Gasteiger partial charge < -0.3 is 10.6 Å². The minimum Gasteiger partial charge on any atom is -0.330 e. The number of aryl methyl sites for hydroxylation is 2. The lowest BCUT2D eigenvalue weighted by Gasteiger charge is -2.42. The van der Waals surface area contributed by atoms with Crippen LogP contribution in [0.5, 0.6) is 0 Å². The Labute approximate surface area is 185 Å². The van der Waals surface area contributed by atoms with E-state index in [4.69, 9.17) is 5.73 Å². The topological polar surface area (TPSA) is 46.3 Å². The minimum absolute atomic E-state index is 0.0129. The van der Waals surface area contributed by atoms with Crippen LogP contribution < -0.4 is 5.73 Å². The second kappa shape index (κ2) is 9.49. The quantitative estimate of drug-likeness (QED) is 0.609. The summed E-state index contributed by atoms with van der Waals surface area (Å²) in [6, 6.07) is 25.5. The summed E-state index contributed by atoms with van der Waals surface area (Å²) >= 11 is 0. The molecular weight excluding hydrogens is 380 g/mol. The van der Waals surface area contributed by atoms with Crippen LogP contribution in [0.4, 0.5) is 0 Å². The third kappa shape index (κ3) is 4.72. The van der Waals surface area contributed by atoms with Crippen molar-refractivity contribution in [3.63, 3.8) is 0 Å². The predicted molar refractivity (Wildman–Crippen MR) is 127 cm³/mol. The van der Waals surface area contributed by atoms with E-state index in [0.29, 0.717) is 12.5 Å². The summed E-state index contributed by atoms with van der Waals surface area (Å²) in [5.41, 5.74) is 13.7. The highest BCUT2D eigenvalue weighted by molar-refractivity contribution is 5.78. The predicted octanol–water partition coefficient (Wildman–Crippen LogP) is 5.14. The average Bonchev–Trinajstić information content (AvgIpc) is 2.78. The van der Waals surface area contributed by atoms with Crippen molar-refractivity contribution in [2.24, 2.45) is 11.7 Å². The van der Waals surface area contributed by atoms with E-state index in [0.717, 1.165) is 24.8 Å². The molecule has 31 heavy (non-hydrogen) atoms. The van der Waals surface area contributed by atoms with Crippen LogP contribution in [0.3, 0.4) is 0 Å². The first-order valence-electron chi connectivity index (χ1n) is 11.2. The number of benzene rings is 3. The number of hydrogen-bond acceptors (Lipinski definition) is 2. The van der Waals surface area contributed by atoms with Gasteiger partial charge in [-0.3, -0.25) is 4.79 Å². The van der Waals surface area contributed by atoms with Crippen LogP contribution in [0.15, 0.2) is 72.8 Å².